The van der Waals surface area contributed by atoms with Gasteiger partial charge in [0.25, 0.3) is 0 Å². The van der Waals surface area contributed by atoms with E-state index in [1.807, 2.05) is 48.0 Å². The molecule has 2 aromatic heterocycles. The van der Waals surface area contributed by atoms with Crippen LogP contribution in [-0.2, 0) is 43.9 Å². The summed E-state index contributed by atoms with van der Waals surface area (Å²) < 4.78 is 91.5. The molecule has 4 aromatic rings. The van der Waals surface area contributed by atoms with E-state index >= 15 is 0 Å². The molecule has 0 spiro atoms. The van der Waals surface area contributed by atoms with Crippen LogP contribution in [0.5, 0.6) is 0 Å². The van der Waals surface area contributed by atoms with Crippen LogP contribution < -0.4 is 18.9 Å². The molecular formula is C34H37Br2F6N2O4P. The number of pyridine rings is 2. The summed E-state index contributed by atoms with van der Waals surface area (Å²) in [7, 11) is -1.37. The predicted molar refractivity (Wildman–Crippen MR) is 178 cm³/mol. The summed E-state index contributed by atoms with van der Waals surface area (Å²) in [6.45, 7) is 8.46. The van der Waals surface area contributed by atoms with Crippen molar-refractivity contribution in [3.63, 3.8) is 0 Å². The lowest BCUT2D eigenvalue weighted by atomic mass is 9.99. The smallest absolute Gasteiger partial charge is 0.416 e. The SMILES string of the molecule is CC(C)Cc1c[n+](C)cc(-c2cccc(C(F)(F)F)c2)c1Br.CC(C)Cc1c[n+](C)cc(-c2cccc(C(F)(F)F)c2)c1Br.O=P([O-])([O-])O. The molecule has 2 heterocycles. The molecule has 1 N–H and O–H groups in total. The third kappa shape index (κ3) is 14.3. The Morgan fingerprint density at radius 3 is 1.27 bits per heavy atom. The van der Waals surface area contributed by atoms with Gasteiger partial charge < -0.3 is 19.2 Å². The molecule has 0 unspecified atom stereocenters. The van der Waals surface area contributed by atoms with Gasteiger partial charge in [-0.15, -0.1) is 0 Å². The zero-order valence-corrected chi connectivity index (χ0v) is 31.6. The normalized spacial score (nSPS) is 12.0. The van der Waals surface area contributed by atoms with Gasteiger partial charge in [0.15, 0.2) is 24.8 Å². The summed E-state index contributed by atoms with van der Waals surface area (Å²) in [4.78, 5) is 24.3. The van der Waals surface area contributed by atoms with Crippen molar-refractivity contribution in [1.29, 1.82) is 0 Å². The van der Waals surface area contributed by atoms with E-state index in [-0.39, 0.29) is 0 Å². The molecule has 0 bridgehead atoms. The van der Waals surface area contributed by atoms with E-state index in [1.165, 1.54) is 24.3 Å². The Morgan fingerprint density at radius 2 is 1.00 bits per heavy atom. The number of benzene rings is 2. The van der Waals surface area contributed by atoms with Crippen molar-refractivity contribution < 1.29 is 54.7 Å². The first-order chi connectivity index (χ1) is 22.4. The first kappa shape index (κ1) is 42.6. The lowest BCUT2D eigenvalue weighted by Gasteiger charge is -2.19. The summed E-state index contributed by atoms with van der Waals surface area (Å²) in [5.74, 6) is 0.932. The number of phosphoric acid groups is 1. The molecular weight excluding hydrogens is 805 g/mol. The van der Waals surface area contributed by atoms with Crippen LogP contribution in [0.2, 0.25) is 0 Å². The van der Waals surface area contributed by atoms with Gasteiger partial charge in [0.2, 0.25) is 0 Å². The standard InChI is InChI=1S/2C17H18BrF3N.H3O4P/c2*1-11(2)7-13-9-22(3)10-15(16(13)18)12-5-4-6-14(8-12)17(19,20)21;1-5(2,3)4/h2*4-6,8-11H,7H2,1-3H3;(H3,1,2,3,4)/q2*+1;/p-2. The summed E-state index contributed by atoms with van der Waals surface area (Å²) in [6, 6.07) is 10.9. The average molecular weight is 842 g/mol. The second-order valence-corrected chi connectivity index (χ2v) is 14.7. The minimum Gasteiger partial charge on any atom is -0.790 e. The third-order valence-electron chi connectivity index (χ3n) is 6.68. The van der Waals surface area contributed by atoms with Crippen LogP contribution in [0, 0.1) is 11.8 Å². The Labute approximate surface area is 299 Å². The molecule has 0 aliphatic carbocycles. The van der Waals surface area contributed by atoms with Gasteiger partial charge in [-0.05, 0) is 91.9 Å². The fourth-order valence-electron chi connectivity index (χ4n) is 4.84. The van der Waals surface area contributed by atoms with E-state index in [0.29, 0.717) is 23.0 Å². The molecule has 0 aliphatic rings. The summed E-state index contributed by atoms with van der Waals surface area (Å²) in [5.41, 5.74) is 3.58. The van der Waals surface area contributed by atoms with Gasteiger partial charge in [-0.2, -0.15) is 26.3 Å². The molecule has 0 fully saturated rings. The van der Waals surface area contributed by atoms with Gasteiger partial charge in [-0.25, -0.2) is 9.13 Å². The number of aromatic nitrogens is 2. The van der Waals surface area contributed by atoms with Crippen molar-refractivity contribution >= 4 is 39.7 Å². The Kier molecular flexibility index (Phi) is 15.2. The van der Waals surface area contributed by atoms with Gasteiger partial charge >= 0.3 is 12.4 Å². The number of halogens is 8. The fourth-order valence-corrected chi connectivity index (χ4v) is 6.03. The van der Waals surface area contributed by atoms with Crippen molar-refractivity contribution in [1.82, 2.24) is 0 Å². The highest BCUT2D eigenvalue weighted by Crippen LogP contribution is 2.37. The first-order valence-electron chi connectivity index (χ1n) is 14.8. The number of hydrogen-bond donors (Lipinski definition) is 1. The number of nitrogens with zero attached hydrogens (tertiary/aromatic N) is 2. The maximum absolute atomic E-state index is 12.9. The van der Waals surface area contributed by atoms with Gasteiger partial charge in [0, 0.05) is 20.1 Å². The van der Waals surface area contributed by atoms with Crippen LogP contribution in [0.4, 0.5) is 26.3 Å². The molecule has 0 amide bonds. The molecule has 0 radical (unpaired) electrons. The van der Waals surface area contributed by atoms with Crippen LogP contribution >= 0.6 is 39.7 Å². The van der Waals surface area contributed by atoms with Crippen molar-refractivity contribution in [2.45, 2.75) is 52.9 Å². The quantitative estimate of drug-likeness (QED) is 0.121. The summed E-state index contributed by atoms with van der Waals surface area (Å²) in [6.07, 6.45) is 0.734. The van der Waals surface area contributed by atoms with Crippen LogP contribution in [0.3, 0.4) is 0 Å². The van der Waals surface area contributed by atoms with E-state index in [4.69, 9.17) is 19.2 Å². The van der Waals surface area contributed by atoms with Gasteiger partial charge in [-0.1, -0.05) is 52.0 Å². The first-order valence-corrected chi connectivity index (χ1v) is 17.9. The lowest BCUT2D eigenvalue weighted by molar-refractivity contribution is -0.671. The molecule has 0 saturated heterocycles. The molecule has 6 nitrogen and oxygen atoms in total. The zero-order valence-electron chi connectivity index (χ0n) is 27.5. The molecule has 15 heteroatoms. The van der Waals surface area contributed by atoms with E-state index < -0.39 is 31.3 Å². The number of aryl methyl sites for hydroxylation is 2. The molecule has 0 saturated carbocycles. The largest absolute Gasteiger partial charge is 0.790 e. The van der Waals surface area contributed by atoms with Crippen LogP contribution in [0.15, 0.2) is 82.3 Å². The summed E-state index contributed by atoms with van der Waals surface area (Å²) >= 11 is 7.12. The van der Waals surface area contributed by atoms with Crippen molar-refractivity contribution in [3.8, 4) is 22.3 Å². The minimum atomic E-state index is -5.14. The van der Waals surface area contributed by atoms with Crippen LogP contribution in [0.25, 0.3) is 22.3 Å². The maximum atomic E-state index is 12.9. The van der Waals surface area contributed by atoms with Crippen LogP contribution in [-0.4, -0.2) is 4.89 Å². The second kappa shape index (κ2) is 17.5. The van der Waals surface area contributed by atoms with E-state index in [1.54, 1.807) is 12.1 Å². The second-order valence-electron chi connectivity index (χ2n) is 12.2. The summed E-state index contributed by atoms with van der Waals surface area (Å²) in [5, 5.41) is 0. The highest BCUT2D eigenvalue weighted by atomic mass is 79.9. The molecule has 0 atom stereocenters. The maximum Gasteiger partial charge on any atom is 0.416 e. The monoisotopic (exact) mass is 840 g/mol. The van der Waals surface area contributed by atoms with E-state index in [9.17, 15) is 26.3 Å². The third-order valence-corrected chi connectivity index (χ3v) is 8.55. The van der Waals surface area contributed by atoms with E-state index in [2.05, 4.69) is 59.6 Å². The van der Waals surface area contributed by atoms with Crippen molar-refractivity contribution in [2.24, 2.45) is 25.9 Å². The predicted octanol–water partition coefficient (Wildman–Crippen LogP) is 8.12. The van der Waals surface area contributed by atoms with Crippen LogP contribution in [0.1, 0.15) is 49.9 Å². The lowest BCUT2D eigenvalue weighted by Crippen LogP contribution is -2.28. The van der Waals surface area contributed by atoms with Gasteiger partial charge in [0.1, 0.15) is 14.1 Å². The fraction of sp³-hybridized carbons (Fsp3) is 0.353. The molecule has 268 valence electrons. The van der Waals surface area contributed by atoms with Crippen molar-refractivity contribution in [2.75, 3.05) is 0 Å². The Morgan fingerprint density at radius 1 is 0.694 bits per heavy atom. The molecule has 49 heavy (non-hydrogen) atoms. The highest BCUT2D eigenvalue weighted by molar-refractivity contribution is 9.11. The van der Waals surface area contributed by atoms with Gasteiger partial charge in [-0.3, -0.25) is 0 Å². The minimum absolute atomic E-state index is 0.466. The number of alkyl halides is 6. The Hall–Kier alpha value is -2.61. The molecule has 0 aliphatic heterocycles. The Bertz CT molecular complexity index is 1650. The topological polar surface area (TPSA) is 91.2 Å². The molecule has 4 rings (SSSR count). The number of rotatable bonds is 6. The van der Waals surface area contributed by atoms with Gasteiger partial charge in [0.05, 0.1) is 30.1 Å². The molecule has 2 aromatic carbocycles. The zero-order chi connectivity index (χ0) is 37.5. The Balaban J connectivity index is 0.000000299. The van der Waals surface area contributed by atoms with E-state index in [0.717, 1.165) is 56.2 Å². The average Bonchev–Trinajstić information content (AvgIpc) is 2.95. The number of hydrogen-bond acceptors (Lipinski definition) is 3. The highest BCUT2D eigenvalue weighted by Gasteiger charge is 2.32. The van der Waals surface area contributed by atoms with Crippen molar-refractivity contribution in [3.05, 3.63) is 105 Å².